The molecule has 3 heteroatoms. The number of pyridine rings is 1. The van der Waals surface area contributed by atoms with Gasteiger partial charge in [0.1, 0.15) is 0 Å². The second-order valence-corrected chi connectivity index (χ2v) is 3.48. The van der Waals surface area contributed by atoms with Gasteiger partial charge >= 0.3 is 0 Å². The Morgan fingerprint density at radius 3 is 3.00 bits per heavy atom. The summed E-state index contributed by atoms with van der Waals surface area (Å²) in [5.41, 5.74) is 1.89. The standard InChI is InChI=1S/C12H16N2O/c1-5-6-9(2)14-11-7-10(3)13-8-12(11)15-4/h1,7-9H,6H2,2-4H3,(H,13,14). The van der Waals surface area contributed by atoms with E-state index in [4.69, 9.17) is 11.2 Å². The number of nitrogens with zero attached hydrogens (tertiary/aromatic N) is 1. The minimum atomic E-state index is 0.227. The summed E-state index contributed by atoms with van der Waals surface area (Å²) in [6.07, 6.45) is 7.64. The van der Waals surface area contributed by atoms with E-state index in [0.717, 1.165) is 17.1 Å². The molecule has 0 aromatic carbocycles. The number of methoxy groups -OCH3 is 1. The van der Waals surface area contributed by atoms with Crippen molar-refractivity contribution in [2.24, 2.45) is 0 Å². The molecular formula is C12H16N2O. The van der Waals surface area contributed by atoms with E-state index in [0.29, 0.717) is 6.42 Å². The van der Waals surface area contributed by atoms with Crippen LogP contribution < -0.4 is 10.1 Å². The normalized spacial score (nSPS) is 11.6. The first-order chi connectivity index (χ1) is 7.17. The Hall–Kier alpha value is -1.69. The minimum absolute atomic E-state index is 0.227. The lowest BCUT2D eigenvalue weighted by Gasteiger charge is -2.15. The van der Waals surface area contributed by atoms with E-state index < -0.39 is 0 Å². The molecule has 1 N–H and O–H groups in total. The number of aryl methyl sites for hydroxylation is 1. The third-order valence-electron chi connectivity index (χ3n) is 2.05. The van der Waals surface area contributed by atoms with Crippen molar-refractivity contribution >= 4 is 5.69 Å². The average Bonchev–Trinajstić information content (AvgIpc) is 2.18. The summed E-state index contributed by atoms with van der Waals surface area (Å²) < 4.78 is 5.20. The molecule has 0 saturated carbocycles. The zero-order chi connectivity index (χ0) is 11.3. The lowest BCUT2D eigenvalue weighted by molar-refractivity contribution is 0.414. The molecule has 3 nitrogen and oxygen atoms in total. The smallest absolute Gasteiger partial charge is 0.160 e. The lowest BCUT2D eigenvalue weighted by atomic mass is 10.2. The summed E-state index contributed by atoms with van der Waals surface area (Å²) in [6.45, 7) is 3.98. The summed E-state index contributed by atoms with van der Waals surface area (Å²) in [6, 6.07) is 2.18. The molecule has 0 aliphatic rings. The van der Waals surface area contributed by atoms with Crippen molar-refractivity contribution < 1.29 is 4.74 Å². The highest BCUT2D eigenvalue weighted by Gasteiger charge is 2.06. The number of hydrogen-bond acceptors (Lipinski definition) is 3. The van der Waals surface area contributed by atoms with Crippen molar-refractivity contribution in [1.29, 1.82) is 0 Å². The van der Waals surface area contributed by atoms with E-state index in [1.54, 1.807) is 13.3 Å². The topological polar surface area (TPSA) is 34.2 Å². The molecule has 80 valence electrons. The van der Waals surface area contributed by atoms with Crippen LogP contribution >= 0.6 is 0 Å². The van der Waals surface area contributed by atoms with Gasteiger partial charge in [0, 0.05) is 18.2 Å². The first kappa shape index (κ1) is 11.4. The molecule has 0 radical (unpaired) electrons. The minimum Gasteiger partial charge on any atom is -0.493 e. The van der Waals surface area contributed by atoms with E-state index in [1.807, 2.05) is 19.9 Å². The highest BCUT2D eigenvalue weighted by atomic mass is 16.5. The van der Waals surface area contributed by atoms with Crippen molar-refractivity contribution in [3.63, 3.8) is 0 Å². The molecule has 1 heterocycles. The summed E-state index contributed by atoms with van der Waals surface area (Å²) >= 11 is 0. The number of terminal acetylenes is 1. The molecule has 1 unspecified atom stereocenters. The Labute approximate surface area is 90.9 Å². The second-order valence-electron chi connectivity index (χ2n) is 3.48. The van der Waals surface area contributed by atoms with Crippen LogP contribution in [-0.2, 0) is 0 Å². The third-order valence-corrected chi connectivity index (χ3v) is 2.05. The first-order valence-electron chi connectivity index (χ1n) is 4.88. The van der Waals surface area contributed by atoms with E-state index in [-0.39, 0.29) is 6.04 Å². The fraction of sp³-hybridized carbons (Fsp3) is 0.417. The molecule has 0 saturated heterocycles. The molecule has 1 aromatic heterocycles. The van der Waals surface area contributed by atoms with Crippen LogP contribution in [0.25, 0.3) is 0 Å². The van der Waals surface area contributed by atoms with Gasteiger partial charge in [-0.1, -0.05) is 0 Å². The quantitative estimate of drug-likeness (QED) is 0.764. The predicted octanol–water partition coefficient (Wildman–Crippen LogP) is 2.22. The van der Waals surface area contributed by atoms with Gasteiger partial charge in [-0.2, -0.15) is 0 Å². The van der Waals surface area contributed by atoms with Crippen LogP contribution in [0.1, 0.15) is 19.0 Å². The number of hydrogen-bond donors (Lipinski definition) is 1. The number of anilines is 1. The molecule has 0 fully saturated rings. The molecule has 1 aromatic rings. The van der Waals surface area contributed by atoms with Crippen molar-refractivity contribution in [3.05, 3.63) is 18.0 Å². The summed E-state index contributed by atoms with van der Waals surface area (Å²) in [5, 5.41) is 3.30. The van der Waals surface area contributed by atoms with Crippen molar-refractivity contribution in [1.82, 2.24) is 4.98 Å². The molecule has 1 rings (SSSR count). The van der Waals surface area contributed by atoms with Crippen LogP contribution in [0.2, 0.25) is 0 Å². The Kier molecular flexibility index (Phi) is 3.99. The zero-order valence-corrected chi connectivity index (χ0v) is 9.37. The van der Waals surface area contributed by atoms with Crippen LogP contribution in [0.3, 0.4) is 0 Å². The van der Waals surface area contributed by atoms with Crippen LogP contribution in [0.4, 0.5) is 5.69 Å². The summed E-state index contributed by atoms with van der Waals surface area (Å²) in [5.74, 6) is 3.36. The van der Waals surface area contributed by atoms with E-state index in [1.165, 1.54) is 0 Å². The van der Waals surface area contributed by atoms with Crippen molar-refractivity contribution in [2.75, 3.05) is 12.4 Å². The SMILES string of the molecule is C#CCC(C)Nc1cc(C)ncc1OC. The van der Waals surface area contributed by atoms with Gasteiger partial charge in [0.2, 0.25) is 0 Å². The number of nitrogens with one attached hydrogen (secondary N) is 1. The van der Waals surface area contributed by atoms with Crippen molar-refractivity contribution in [2.45, 2.75) is 26.3 Å². The second kappa shape index (κ2) is 5.26. The molecule has 0 bridgehead atoms. The highest BCUT2D eigenvalue weighted by Crippen LogP contribution is 2.24. The number of aromatic nitrogens is 1. The van der Waals surface area contributed by atoms with Gasteiger partial charge in [-0.25, -0.2) is 0 Å². The Morgan fingerprint density at radius 2 is 2.40 bits per heavy atom. The van der Waals surface area contributed by atoms with Gasteiger partial charge < -0.3 is 10.1 Å². The number of rotatable bonds is 4. The van der Waals surface area contributed by atoms with E-state index in [9.17, 15) is 0 Å². The first-order valence-corrected chi connectivity index (χ1v) is 4.88. The van der Waals surface area contributed by atoms with Crippen molar-refractivity contribution in [3.8, 4) is 18.1 Å². The molecule has 15 heavy (non-hydrogen) atoms. The monoisotopic (exact) mass is 204 g/mol. The van der Waals surface area contributed by atoms with Gasteiger partial charge in [0.25, 0.3) is 0 Å². The Balaban J connectivity index is 2.83. The largest absolute Gasteiger partial charge is 0.493 e. The molecule has 0 aliphatic carbocycles. The fourth-order valence-electron chi connectivity index (χ4n) is 1.32. The Bertz CT molecular complexity index is 368. The number of ether oxygens (including phenoxy) is 1. The van der Waals surface area contributed by atoms with Gasteiger partial charge in [-0.15, -0.1) is 12.3 Å². The third kappa shape index (κ3) is 3.17. The van der Waals surface area contributed by atoms with Crippen LogP contribution in [0, 0.1) is 19.3 Å². The summed E-state index contributed by atoms with van der Waals surface area (Å²) in [4.78, 5) is 4.16. The summed E-state index contributed by atoms with van der Waals surface area (Å²) in [7, 11) is 1.63. The van der Waals surface area contributed by atoms with Crippen LogP contribution in [0.5, 0.6) is 5.75 Å². The molecule has 1 atom stereocenters. The van der Waals surface area contributed by atoms with E-state index in [2.05, 4.69) is 16.2 Å². The molecule has 0 spiro atoms. The van der Waals surface area contributed by atoms with Crippen LogP contribution in [-0.4, -0.2) is 18.1 Å². The van der Waals surface area contributed by atoms with Gasteiger partial charge in [-0.05, 0) is 19.9 Å². The average molecular weight is 204 g/mol. The lowest BCUT2D eigenvalue weighted by Crippen LogP contribution is -2.15. The van der Waals surface area contributed by atoms with Crippen LogP contribution in [0.15, 0.2) is 12.3 Å². The maximum atomic E-state index is 5.25. The maximum Gasteiger partial charge on any atom is 0.160 e. The molecule has 0 aliphatic heterocycles. The maximum absolute atomic E-state index is 5.25. The molecule has 0 amide bonds. The fourth-order valence-corrected chi connectivity index (χ4v) is 1.32. The van der Waals surface area contributed by atoms with Gasteiger partial charge in [0.15, 0.2) is 5.75 Å². The highest BCUT2D eigenvalue weighted by molar-refractivity contribution is 5.56. The molecular weight excluding hydrogens is 188 g/mol. The van der Waals surface area contributed by atoms with Gasteiger partial charge in [-0.3, -0.25) is 4.98 Å². The Morgan fingerprint density at radius 1 is 1.67 bits per heavy atom. The zero-order valence-electron chi connectivity index (χ0n) is 9.37. The van der Waals surface area contributed by atoms with E-state index >= 15 is 0 Å². The van der Waals surface area contributed by atoms with Gasteiger partial charge in [0.05, 0.1) is 19.0 Å². The predicted molar refractivity (Wildman–Crippen MR) is 62.1 cm³/mol.